The molecule has 3 aromatic rings. The monoisotopic (exact) mass is 397 g/mol. The van der Waals surface area contributed by atoms with Gasteiger partial charge in [-0.3, -0.25) is 4.72 Å². The quantitative estimate of drug-likeness (QED) is 0.716. The lowest BCUT2D eigenvalue weighted by Gasteiger charge is -2.10. The molecule has 0 fully saturated rings. The minimum Gasteiger partial charge on any atom is -0.278 e. The Labute approximate surface area is 154 Å². The van der Waals surface area contributed by atoms with Crippen LogP contribution in [-0.2, 0) is 10.0 Å². The molecule has 136 valence electrons. The number of halogens is 3. The number of aryl methyl sites for hydroxylation is 1. The van der Waals surface area contributed by atoms with E-state index in [1.54, 1.807) is 13.8 Å². The van der Waals surface area contributed by atoms with E-state index in [2.05, 4.69) is 9.82 Å². The number of anilines is 1. The maximum atomic E-state index is 13.1. The van der Waals surface area contributed by atoms with Crippen LogP contribution >= 0.6 is 11.6 Å². The van der Waals surface area contributed by atoms with Gasteiger partial charge < -0.3 is 0 Å². The number of aromatic nitrogens is 2. The summed E-state index contributed by atoms with van der Waals surface area (Å²) in [5.74, 6) is -0.981. The zero-order valence-electron chi connectivity index (χ0n) is 13.8. The van der Waals surface area contributed by atoms with Crippen LogP contribution in [0.2, 0.25) is 5.02 Å². The van der Waals surface area contributed by atoms with Crippen molar-refractivity contribution in [1.29, 1.82) is 0 Å². The summed E-state index contributed by atoms with van der Waals surface area (Å²) in [4.78, 5) is -0.0257. The van der Waals surface area contributed by atoms with Gasteiger partial charge in [-0.1, -0.05) is 11.6 Å². The Morgan fingerprint density at radius 1 is 1.04 bits per heavy atom. The van der Waals surface area contributed by atoms with Crippen molar-refractivity contribution in [1.82, 2.24) is 9.78 Å². The zero-order chi connectivity index (χ0) is 19.1. The van der Waals surface area contributed by atoms with Crippen molar-refractivity contribution in [3.05, 3.63) is 70.5 Å². The highest BCUT2D eigenvalue weighted by Gasteiger charge is 2.26. The van der Waals surface area contributed by atoms with Crippen LogP contribution in [0.25, 0.3) is 5.69 Å². The van der Waals surface area contributed by atoms with Gasteiger partial charge in [0.25, 0.3) is 10.0 Å². The Hall–Kier alpha value is -2.45. The lowest BCUT2D eigenvalue weighted by Crippen LogP contribution is -2.15. The summed E-state index contributed by atoms with van der Waals surface area (Å²) in [6.45, 7) is 3.14. The molecular weight excluding hydrogens is 384 g/mol. The van der Waals surface area contributed by atoms with Gasteiger partial charge in [-0.15, -0.1) is 0 Å². The maximum Gasteiger partial charge on any atom is 0.265 e. The van der Waals surface area contributed by atoms with Gasteiger partial charge in [0.2, 0.25) is 0 Å². The fourth-order valence-corrected chi connectivity index (χ4v) is 4.36. The Morgan fingerprint density at radius 2 is 1.65 bits per heavy atom. The molecule has 0 atom stereocenters. The Morgan fingerprint density at radius 3 is 2.27 bits per heavy atom. The van der Waals surface area contributed by atoms with Gasteiger partial charge in [-0.2, -0.15) is 5.10 Å². The van der Waals surface area contributed by atoms with Gasteiger partial charge in [-0.25, -0.2) is 21.9 Å². The third-order valence-corrected chi connectivity index (χ3v) is 5.67. The lowest BCUT2D eigenvalue weighted by molar-refractivity contribution is 0.599. The number of nitrogens with zero attached hydrogens (tertiary/aromatic N) is 2. The number of rotatable bonds is 4. The average Bonchev–Trinajstić information content (AvgIpc) is 2.86. The van der Waals surface area contributed by atoms with Crippen molar-refractivity contribution < 1.29 is 17.2 Å². The molecule has 0 saturated heterocycles. The Kier molecular flexibility index (Phi) is 4.72. The Balaban J connectivity index is 2.04. The number of benzene rings is 2. The average molecular weight is 398 g/mol. The van der Waals surface area contributed by atoms with Crippen molar-refractivity contribution >= 4 is 27.3 Å². The van der Waals surface area contributed by atoms with Gasteiger partial charge in [0, 0.05) is 0 Å². The second kappa shape index (κ2) is 6.69. The molecule has 3 rings (SSSR count). The van der Waals surface area contributed by atoms with Gasteiger partial charge in [0.15, 0.2) is 0 Å². The number of hydrogen-bond donors (Lipinski definition) is 1. The molecule has 0 aliphatic rings. The standard InChI is InChI=1S/C17H14ClF2N3O2S/c1-10-17(11(2)23(21-10)14-6-3-12(19)4-7-14)26(24,25)22-16-8-5-13(20)9-15(16)18/h3-9,22H,1-2H3. The largest absolute Gasteiger partial charge is 0.278 e. The van der Waals surface area contributed by atoms with Crippen LogP contribution in [0.15, 0.2) is 47.4 Å². The summed E-state index contributed by atoms with van der Waals surface area (Å²) < 4.78 is 55.6. The van der Waals surface area contributed by atoms with E-state index in [0.29, 0.717) is 11.4 Å². The molecule has 9 heteroatoms. The van der Waals surface area contributed by atoms with E-state index in [9.17, 15) is 17.2 Å². The van der Waals surface area contributed by atoms with Crippen molar-refractivity contribution in [3.8, 4) is 5.69 Å². The minimum atomic E-state index is -4.02. The molecule has 2 aromatic carbocycles. The molecule has 26 heavy (non-hydrogen) atoms. The molecule has 0 radical (unpaired) electrons. The van der Waals surface area contributed by atoms with Gasteiger partial charge >= 0.3 is 0 Å². The van der Waals surface area contributed by atoms with Crippen LogP contribution in [0.1, 0.15) is 11.4 Å². The lowest BCUT2D eigenvalue weighted by atomic mass is 10.3. The summed E-state index contributed by atoms with van der Waals surface area (Å²) in [6, 6.07) is 8.87. The molecule has 1 heterocycles. The first-order valence-corrected chi connectivity index (χ1v) is 9.35. The molecule has 0 aliphatic carbocycles. The zero-order valence-corrected chi connectivity index (χ0v) is 15.4. The maximum absolute atomic E-state index is 13.1. The van der Waals surface area contributed by atoms with Crippen LogP contribution in [0.5, 0.6) is 0 Å². The number of nitrogens with one attached hydrogen (secondary N) is 1. The van der Waals surface area contributed by atoms with Crippen LogP contribution in [0.3, 0.4) is 0 Å². The number of hydrogen-bond acceptors (Lipinski definition) is 3. The fourth-order valence-electron chi connectivity index (χ4n) is 2.62. The first-order valence-electron chi connectivity index (χ1n) is 7.49. The van der Waals surface area contributed by atoms with E-state index in [4.69, 9.17) is 11.6 Å². The van der Waals surface area contributed by atoms with E-state index in [-0.39, 0.29) is 21.3 Å². The van der Waals surface area contributed by atoms with Crippen LogP contribution in [0, 0.1) is 25.5 Å². The molecule has 0 saturated carbocycles. The van der Waals surface area contributed by atoms with E-state index in [1.165, 1.54) is 35.0 Å². The van der Waals surface area contributed by atoms with Crippen LogP contribution in [0.4, 0.5) is 14.5 Å². The van der Waals surface area contributed by atoms with E-state index in [0.717, 1.165) is 12.1 Å². The normalized spacial score (nSPS) is 11.6. The molecule has 0 bridgehead atoms. The molecule has 0 amide bonds. The Bertz CT molecular complexity index is 1080. The van der Waals surface area contributed by atoms with Crippen molar-refractivity contribution in [3.63, 3.8) is 0 Å². The van der Waals surface area contributed by atoms with Crippen molar-refractivity contribution in [2.24, 2.45) is 0 Å². The molecule has 0 aliphatic heterocycles. The molecule has 0 unspecified atom stereocenters. The summed E-state index contributed by atoms with van der Waals surface area (Å²) in [7, 11) is -4.02. The fraction of sp³-hybridized carbons (Fsp3) is 0.118. The second-order valence-corrected chi connectivity index (χ2v) is 7.64. The van der Waals surface area contributed by atoms with Crippen LogP contribution < -0.4 is 4.72 Å². The summed E-state index contributed by atoms with van der Waals surface area (Å²) in [6.07, 6.45) is 0. The highest BCUT2D eigenvalue weighted by Crippen LogP contribution is 2.28. The van der Waals surface area contributed by atoms with Crippen molar-refractivity contribution in [2.75, 3.05) is 4.72 Å². The van der Waals surface area contributed by atoms with Crippen molar-refractivity contribution in [2.45, 2.75) is 18.7 Å². The second-order valence-electron chi connectivity index (χ2n) is 5.62. The smallest absolute Gasteiger partial charge is 0.265 e. The molecular formula is C17H14ClF2N3O2S. The number of sulfonamides is 1. The topological polar surface area (TPSA) is 64.0 Å². The summed E-state index contributed by atoms with van der Waals surface area (Å²) in [5, 5.41) is 4.18. The third-order valence-electron chi connectivity index (χ3n) is 3.74. The first-order chi connectivity index (χ1) is 12.2. The van der Waals surface area contributed by atoms with E-state index < -0.39 is 21.7 Å². The van der Waals surface area contributed by atoms with Crippen LogP contribution in [-0.4, -0.2) is 18.2 Å². The summed E-state index contributed by atoms with van der Waals surface area (Å²) in [5.41, 5.74) is 1.19. The molecule has 1 N–H and O–H groups in total. The van der Waals surface area contributed by atoms with Gasteiger partial charge in [-0.05, 0) is 56.3 Å². The molecule has 5 nitrogen and oxygen atoms in total. The SMILES string of the molecule is Cc1nn(-c2ccc(F)cc2)c(C)c1S(=O)(=O)Nc1ccc(F)cc1Cl. The highest BCUT2D eigenvalue weighted by atomic mass is 35.5. The van der Waals surface area contributed by atoms with Gasteiger partial charge in [0.1, 0.15) is 16.5 Å². The molecule has 1 aromatic heterocycles. The third kappa shape index (κ3) is 3.42. The predicted molar refractivity (Wildman–Crippen MR) is 95.2 cm³/mol. The highest BCUT2D eigenvalue weighted by molar-refractivity contribution is 7.92. The first kappa shape index (κ1) is 18.3. The van der Waals surface area contributed by atoms with Gasteiger partial charge in [0.05, 0.1) is 27.8 Å². The van der Waals surface area contributed by atoms with E-state index in [1.807, 2.05) is 0 Å². The predicted octanol–water partition coefficient (Wildman–Crippen LogP) is 4.22. The molecule has 0 spiro atoms. The van der Waals surface area contributed by atoms with E-state index >= 15 is 0 Å². The minimum absolute atomic E-state index is 0.0257. The summed E-state index contributed by atoms with van der Waals surface area (Å²) >= 11 is 5.90.